The van der Waals surface area contributed by atoms with Crippen molar-refractivity contribution in [3.63, 3.8) is 0 Å². The van der Waals surface area contributed by atoms with Crippen molar-refractivity contribution < 1.29 is 27.6 Å². The number of amides is 3. The van der Waals surface area contributed by atoms with E-state index < -0.39 is 35.0 Å². The topological polar surface area (TPSA) is 73.0 Å². The molecule has 0 aliphatic carbocycles. The Balaban J connectivity index is 1.22. The number of benzene rings is 3. The number of rotatable bonds is 11. The van der Waals surface area contributed by atoms with Crippen LogP contribution in [0.4, 0.5) is 13.2 Å². The first-order valence-electron chi connectivity index (χ1n) is 18.1. The van der Waals surface area contributed by atoms with Crippen LogP contribution in [-0.4, -0.2) is 83.8 Å². The molecule has 50 heavy (non-hydrogen) atoms. The summed E-state index contributed by atoms with van der Waals surface area (Å²) in [6.45, 7) is 6.79. The quantitative estimate of drug-likeness (QED) is 0.249. The van der Waals surface area contributed by atoms with Crippen LogP contribution < -0.4 is 5.32 Å². The molecule has 7 nitrogen and oxygen atoms in total. The van der Waals surface area contributed by atoms with Crippen LogP contribution in [0.1, 0.15) is 75.0 Å². The van der Waals surface area contributed by atoms with Crippen LogP contribution >= 0.6 is 0 Å². The molecule has 6 rings (SSSR count). The summed E-state index contributed by atoms with van der Waals surface area (Å²) in [6, 6.07) is 16.0. The Morgan fingerprint density at radius 2 is 1.16 bits per heavy atom. The van der Waals surface area contributed by atoms with Gasteiger partial charge < -0.3 is 20.0 Å². The summed E-state index contributed by atoms with van der Waals surface area (Å²) in [5.74, 6) is -1.63. The summed E-state index contributed by atoms with van der Waals surface area (Å²) in [7, 11) is 0. The summed E-state index contributed by atoms with van der Waals surface area (Å²) in [4.78, 5) is 47.9. The molecule has 3 saturated heterocycles. The maximum Gasteiger partial charge on any atom is 0.246 e. The molecule has 10 heteroatoms. The Hall–Kier alpha value is -4.18. The van der Waals surface area contributed by atoms with Crippen molar-refractivity contribution in [3.05, 3.63) is 107 Å². The van der Waals surface area contributed by atoms with Gasteiger partial charge in [0.15, 0.2) is 0 Å². The zero-order valence-corrected chi connectivity index (χ0v) is 28.8. The number of carbonyl (C=O) groups excluding carboxylic acids is 3. The first-order chi connectivity index (χ1) is 24.2. The van der Waals surface area contributed by atoms with E-state index in [1.165, 1.54) is 36.4 Å². The highest BCUT2D eigenvalue weighted by Gasteiger charge is 2.45. The smallest absolute Gasteiger partial charge is 0.246 e. The third-order valence-electron chi connectivity index (χ3n) is 10.9. The molecule has 0 spiro atoms. The van der Waals surface area contributed by atoms with E-state index >= 15 is 0 Å². The average Bonchev–Trinajstić information content (AvgIpc) is 3.83. The van der Waals surface area contributed by atoms with Crippen LogP contribution in [0.2, 0.25) is 0 Å². The summed E-state index contributed by atoms with van der Waals surface area (Å²) in [5.41, 5.74) is 0.463. The molecule has 3 aliphatic rings. The fraction of sp³-hybridized carbons (Fsp3) is 0.475. The predicted octanol–water partition coefficient (Wildman–Crippen LogP) is 6.05. The summed E-state index contributed by atoms with van der Waals surface area (Å²) in [6.07, 6.45) is 5.45. The van der Waals surface area contributed by atoms with Crippen LogP contribution in [0.15, 0.2) is 72.8 Å². The zero-order chi connectivity index (χ0) is 35.3. The van der Waals surface area contributed by atoms with Crippen LogP contribution in [0.3, 0.4) is 0 Å². The highest BCUT2D eigenvalue weighted by molar-refractivity contribution is 5.93. The molecular weight excluding hydrogens is 641 g/mol. The van der Waals surface area contributed by atoms with E-state index in [-0.39, 0.29) is 24.1 Å². The molecule has 0 unspecified atom stereocenters. The third kappa shape index (κ3) is 7.60. The molecule has 0 aromatic heterocycles. The highest BCUT2D eigenvalue weighted by Crippen LogP contribution is 2.43. The van der Waals surface area contributed by atoms with E-state index in [0.717, 1.165) is 38.9 Å². The normalized spacial score (nSPS) is 20.3. The van der Waals surface area contributed by atoms with E-state index in [9.17, 15) is 27.6 Å². The summed E-state index contributed by atoms with van der Waals surface area (Å²) >= 11 is 0. The molecule has 3 aliphatic heterocycles. The average molecular weight is 689 g/mol. The number of likely N-dealkylation sites (tertiary alicyclic amines) is 3. The lowest BCUT2D eigenvalue weighted by atomic mass is 9.67. The molecule has 266 valence electrons. The minimum Gasteiger partial charge on any atom is -0.354 e. The minimum absolute atomic E-state index is 0.134. The molecular formula is C40H47F3N4O3. The molecule has 3 fully saturated rings. The van der Waals surface area contributed by atoms with E-state index in [2.05, 4.69) is 17.1 Å². The van der Waals surface area contributed by atoms with E-state index in [0.29, 0.717) is 67.9 Å². The Labute approximate surface area is 292 Å². The maximum atomic E-state index is 14.5. The van der Waals surface area contributed by atoms with Crippen molar-refractivity contribution >= 4 is 17.7 Å². The monoisotopic (exact) mass is 688 g/mol. The SMILES string of the molecule is CCCN1CCC(CNC(=O)[C@H]2CCCN2C(=O)[C@@H]2CCCN2C(=O)CC(c2ccc(F)cc2)(c2ccc(F)cc2)c2ccc(F)cc2)CC1. The maximum absolute atomic E-state index is 14.5. The van der Waals surface area contributed by atoms with Gasteiger partial charge in [0.05, 0.1) is 5.41 Å². The van der Waals surface area contributed by atoms with Crippen molar-refractivity contribution in [2.75, 3.05) is 39.3 Å². The van der Waals surface area contributed by atoms with Gasteiger partial charge in [0, 0.05) is 26.1 Å². The molecule has 1 N–H and O–H groups in total. The van der Waals surface area contributed by atoms with Crippen LogP contribution in [0.25, 0.3) is 0 Å². The highest BCUT2D eigenvalue weighted by atomic mass is 19.1. The Morgan fingerprint density at radius 1 is 0.680 bits per heavy atom. The standard InChI is InChI=1S/C40H47F3N4O3/c1-2-21-45-24-19-28(20-25-45)27-44-38(49)35-5-3-23-47(35)39(50)36-6-4-22-46(36)37(48)26-40(29-7-13-32(41)14-8-29,30-9-15-33(42)16-10-30)31-11-17-34(43)18-12-31/h7-18,28,35-36H,2-6,19-27H2,1H3,(H,44,49)/t35-,36+/m1/s1. The zero-order valence-electron chi connectivity index (χ0n) is 28.8. The van der Waals surface area contributed by atoms with Crippen LogP contribution in [-0.2, 0) is 19.8 Å². The lowest BCUT2D eigenvalue weighted by Crippen LogP contribution is -2.54. The molecule has 3 heterocycles. The number of halogens is 3. The second kappa shape index (κ2) is 15.8. The number of piperidine rings is 1. The van der Waals surface area contributed by atoms with Crippen molar-refractivity contribution in [1.82, 2.24) is 20.0 Å². The van der Waals surface area contributed by atoms with Gasteiger partial charge in [0.25, 0.3) is 0 Å². The van der Waals surface area contributed by atoms with Gasteiger partial charge in [-0.15, -0.1) is 0 Å². The van der Waals surface area contributed by atoms with Gasteiger partial charge in [-0.3, -0.25) is 14.4 Å². The van der Waals surface area contributed by atoms with Crippen molar-refractivity contribution in [2.45, 2.75) is 75.8 Å². The first-order valence-corrected chi connectivity index (χ1v) is 18.1. The number of carbonyl (C=O) groups is 3. The van der Waals surface area contributed by atoms with Gasteiger partial charge in [0.1, 0.15) is 29.5 Å². The van der Waals surface area contributed by atoms with E-state index in [4.69, 9.17) is 0 Å². The van der Waals surface area contributed by atoms with Crippen molar-refractivity contribution in [2.24, 2.45) is 5.92 Å². The second-order valence-corrected chi connectivity index (χ2v) is 14.1. The third-order valence-corrected chi connectivity index (χ3v) is 10.9. The second-order valence-electron chi connectivity index (χ2n) is 14.1. The molecule has 3 aromatic rings. The number of nitrogens with zero attached hydrogens (tertiary/aromatic N) is 3. The number of nitrogens with one attached hydrogen (secondary N) is 1. The van der Waals surface area contributed by atoms with Gasteiger partial charge in [-0.25, -0.2) is 13.2 Å². The molecule has 0 saturated carbocycles. The molecule has 3 aromatic carbocycles. The fourth-order valence-electron chi connectivity index (χ4n) is 8.25. The first kappa shape index (κ1) is 35.6. The van der Waals surface area contributed by atoms with Gasteiger partial charge in [0.2, 0.25) is 17.7 Å². The molecule has 3 amide bonds. The Kier molecular flexibility index (Phi) is 11.3. The van der Waals surface area contributed by atoms with Gasteiger partial charge in [-0.1, -0.05) is 43.3 Å². The largest absolute Gasteiger partial charge is 0.354 e. The number of hydrogen-bond donors (Lipinski definition) is 1. The minimum atomic E-state index is -1.24. The molecule has 0 bridgehead atoms. The van der Waals surface area contributed by atoms with Crippen molar-refractivity contribution in [3.8, 4) is 0 Å². The fourth-order valence-corrected chi connectivity index (χ4v) is 8.25. The Bertz CT molecular complexity index is 1510. The van der Waals surface area contributed by atoms with E-state index in [1.807, 2.05) is 0 Å². The molecule has 2 atom stereocenters. The lowest BCUT2D eigenvalue weighted by Gasteiger charge is -2.38. The Morgan fingerprint density at radius 3 is 1.66 bits per heavy atom. The van der Waals surface area contributed by atoms with Crippen LogP contribution in [0, 0.1) is 23.4 Å². The predicted molar refractivity (Wildman–Crippen MR) is 186 cm³/mol. The number of hydrogen-bond acceptors (Lipinski definition) is 4. The van der Waals surface area contributed by atoms with Crippen molar-refractivity contribution in [1.29, 1.82) is 0 Å². The summed E-state index contributed by atoms with van der Waals surface area (Å²) in [5, 5.41) is 3.14. The lowest BCUT2D eigenvalue weighted by molar-refractivity contribution is -0.146. The van der Waals surface area contributed by atoms with E-state index in [1.54, 1.807) is 46.2 Å². The summed E-state index contributed by atoms with van der Waals surface area (Å²) < 4.78 is 42.6. The van der Waals surface area contributed by atoms with Gasteiger partial charge in [-0.05, 0) is 124 Å². The van der Waals surface area contributed by atoms with Gasteiger partial charge in [-0.2, -0.15) is 0 Å². The van der Waals surface area contributed by atoms with Gasteiger partial charge >= 0.3 is 0 Å². The van der Waals surface area contributed by atoms with Crippen LogP contribution in [0.5, 0.6) is 0 Å². The molecule has 0 radical (unpaired) electrons.